The van der Waals surface area contributed by atoms with Gasteiger partial charge in [-0.1, -0.05) is 34.6 Å². The van der Waals surface area contributed by atoms with Crippen molar-refractivity contribution in [3.63, 3.8) is 0 Å². The molecule has 0 bridgehead atoms. The molecule has 1 aromatic heterocycles. The number of aryl methyl sites for hydroxylation is 1. The molecular formula is C20H32N2O. The maximum Gasteiger partial charge on any atom is 0.251 e. The lowest BCUT2D eigenvalue weighted by Crippen LogP contribution is -2.47. The fourth-order valence-corrected chi connectivity index (χ4v) is 4.43. The fourth-order valence-electron chi connectivity index (χ4n) is 4.43. The number of nitrogens with one attached hydrogen (secondary N) is 1. The second-order valence-corrected chi connectivity index (χ2v) is 8.49. The summed E-state index contributed by atoms with van der Waals surface area (Å²) >= 11 is 0. The zero-order chi connectivity index (χ0) is 17.3. The summed E-state index contributed by atoms with van der Waals surface area (Å²) in [5.41, 5.74) is 2.28. The Kier molecular flexibility index (Phi) is 5.17. The summed E-state index contributed by atoms with van der Waals surface area (Å²) in [4.78, 5) is 16.6. The smallest absolute Gasteiger partial charge is 0.251 e. The minimum absolute atomic E-state index is 0.0355. The van der Waals surface area contributed by atoms with Crippen LogP contribution in [-0.4, -0.2) is 16.9 Å². The summed E-state index contributed by atoms with van der Waals surface area (Å²) in [6, 6.07) is 3.94. The van der Waals surface area contributed by atoms with Gasteiger partial charge in [0.25, 0.3) is 5.91 Å². The molecule has 1 aromatic rings. The minimum Gasteiger partial charge on any atom is -0.349 e. The van der Waals surface area contributed by atoms with Crippen molar-refractivity contribution in [3.05, 3.63) is 29.6 Å². The number of hydrogen-bond acceptors (Lipinski definition) is 2. The average Bonchev–Trinajstić information content (AvgIpc) is 2.46. The first-order valence-electron chi connectivity index (χ1n) is 8.89. The Morgan fingerprint density at radius 3 is 2.39 bits per heavy atom. The highest BCUT2D eigenvalue weighted by Crippen LogP contribution is 2.54. The van der Waals surface area contributed by atoms with Crippen LogP contribution in [-0.2, 0) is 0 Å². The van der Waals surface area contributed by atoms with Gasteiger partial charge in [0, 0.05) is 23.5 Å². The average molecular weight is 316 g/mol. The van der Waals surface area contributed by atoms with Crippen LogP contribution in [0.15, 0.2) is 18.3 Å². The molecule has 0 unspecified atom stereocenters. The third-order valence-corrected chi connectivity index (χ3v) is 5.97. The van der Waals surface area contributed by atoms with E-state index in [0.29, 0.717) is 28.4 Å². The molecule has 1 heterocycles. The van der Waals surface area contributed by atoms with Crippen molar-refractivity contribution in [1.82, 2.24) is 10.3 Å². The van der Waals surface area contributed by atoms with Gasteiger partial charge in [-0.05, 0) is 61.5 Å². The number of rotatable bonds is 3. The van der Waals surface area contributed by atoms with Gasteiger partial charge in [-0.2, -0.15) is 0 Å². The van der Waals surface area contributed by atoms with Gasteiger partial charge in [-0.15, -0.1) is 0 Å². The summed E-state index contributed by atoms with van der Waals surface area (Å²) in [6.07, 6.45) is 6.23. The summed E-state index contributed by atoms with van der Waals surface area (Å²) in [5.74, 6) is 0.704. The van der Waals surface area contributed by atoms with Crippen LogP contribution in [0.3, 0.4) is 0 Å². The standard InChI is InChI=1S/C20H32N2O/c1-14(2)20(19(4,5)6)10-7-17(8-11-20)22-18(23)16-9-12-21-15(3)13-16/h9,12-14,17H,7-8,10-11H2,1-6H3,(H,22,23). The summed E-state index contributed by atoms with van der Waals surface area (Å²) < 4.78 is 0. The Balaban J connectivity index is 2.00. The monoisotopic (exact) mass is 316 g/mol. The molecular weight excluding hydrogens is 284 g/mol. The van der Waals surface area contributed by atoms with Crippen LogP contribution < -0.4 is 5.32 Å². The first-order valence-corrected chi connectivity index (χ1v) is 8.89. The second kappa shape index (κ2) is 6.62. The van der Waals surface area contributed by atoms with Crippen LogP contribution in [0.2, 0.25) is 0 Å². The van der Waals surface area contributed by atoms with Gasteiger partial charge in [-0.3, -0.25) is 9.78 Å². The number of pyridine rings is 1. The van der Waals surface area contributed by atoms with Crippen LogP contribution in [0.25, 0.3) is 0 Å². The van der Waals surface area contributed by atoms with Gasteiger partial charge in [0.2, 0.25) is 0 Å². The highest BCUT2D eigenvalue weighted by atomic mass is 16.1. The molecule has 1 fully saturated rings. The van der Waals surface area contributed by atoms with E-state index in [0.717, 1.165) is 18.5 Å². The van der Waals surface area contributed by atoms with Crippen molar-refractivity contribution < 1.29 is 4.79 Å². The Bertz CT molecular complexity index is 549. The molecule has 1 amide bonds. The first-order chi connectivity index (χ1) is 10.7. The zero-order valence-electron chi connectivity index (χ0n) is 15.6. The molecule has 1 aliphatic carbocycles. The lowest BCUT2D eigenvalue weighted by atomic mass is 9.54. The van der Waals surface area contributed by atoms with E-state index in [1.54, 1.807) is 12.3 Å². The van der Waals surface area contributed by atoms with Gasteiger partial charge in [0.1, 0.15) is 0 Å². The van der Waals surface area contributed by atoms with Crippen molar-refractivity contribution in [2.45, 2.75) is 73.3 Å². The Hall–Kier alpha value is -1.38. The summed E-state index contributed by atoms with van der Waals surface area (Å²) in [7, 11) is 0. The van der Waals surface area contributed by atoms with Crippen LogP contribution in [0.4, 0.5) is 0 Å². The molecule has 0 aliphatic heterocycles. The third kappa shape index (κ3) is 3.76. The molecule has 2 rings (SSSR count). The molecule has 0 aromatic carbocycles. The predicted octanol–water partition coefficient (Wildman–Crippen LogP) is 4.75. The molecule has 1 aliphatic rings. The maximum atomic E-state index is 12.4. The minimum atomic E-state index is 0.0355. The van der Waals surface area contributed by atoms with E-state index >= 15 is 0 Å². The number of carbonyl (C=O) groups excluding carboxylic acids is 1. The maximum absolute atomic E-state index is 12.4. The number of amides is 1. The van der Waals surface area contributed by atoms with E-state index in [1.807, 2.05) is 13.0 Å². The number of carbonyl (C=O) groups is 1. The van der Waals surface area contributed by atoms with E-state index in [4.69, 9.17) is 0 Å². The Labute approximate surface area is 141 Å². The first kappa shape index (κ1) is 18.0. The van der Waals surface area contributed by atoms with Crippen molar-refractivity contribution in [2.24, 2.45) is 16.7 Å². The topological polar surface area (TPSA) is 42.0 Å². The van der Waals surface area contributed by atoms with Gasteiger partial charge in [0.15, 0.2) is 0 Å². The lowest BCUT2D eigenvalue weighted by Gasteiger charge is -2.52. The summed E-state index contributed by atoms with van der Waals surface area (Å²) in [5, 5.41) is 3.22. The lowest BCUT2D eigenvalue weighted by molar-refractivity contribution is -0.0158. The molecule has 0 radical (unpaired) electrons. The molecule has 0 saturated heterocycles. The van der Waals surface area contributed by atoms with E-state index in [2.05, 4.69) is 44.9 Å². The predicted molar refractivity (Wildman–Crippen MR) is 95.4 cm³/mol. The zero-order valence-corrected chi connectivity index (χ0v) is 15.6. The van der Waals surface area contributed by atoms with E-state index in [1.165, 1.54) is 12.8 Å². The molecule has 3 nitrogen and oxygen atoms in total. The molecule has 0 spiro atoms. The molecule has 1 saturated carbocycles. The van der Waals surface area contributed by atoms with Gasteiger partial charge in [0.05, 0.1) is 0 Å². The molecule has 3 heteroatoms. The van der Waals surface area contributed by atoms with Crippen LogP contribution in [0.1, 0.15) is 76.4 Å². The SMILES string of the molecule is Cc1cc(C(=O)NC2CCC(C(C)C)(C(C)(C)C)CC2)ccn1. The van der Waals surface area contributed by atoms with Crippen molar-refractivity contribution in [3.8, 4) is 0 Å². The highest BCUT2D eigenvalue weighted by Gasteiger charge is 2.46. The van der Waals surface area contributed by atoms with E-state index in [-0.39, 0.29) is 5.91 Å². The van der Waals surface area contributed by atoms with Crippen molar-refractivity contribution in [2.75, 3.05) is 0 Å². The van der Waals surface area contributed by atoms with E-state index in [9.17, 15) is 4.79 Å². The Morgan fingerprint density at radius 2 is 1.91 bits per heavy atom. The quantitative estimate of drug-likeness (QED) is 0.874. The second-order valence-electron chi connectivity index (χ2n) is 8.49. The largest absolute Gasteiger partial charge is 0.349 e. The number of hydrogen-bond donors (Lipinski definition) is 1. The number of nitrogens with zero attached hydrogens (tertiary/aromatic N) is 1. The van der Waals surface area contributed by atoms with Gasteiger partial charge in [-0.25, -0.2) is 0 Å². The summed E-state index contributed by atoms with van der Waals surface area (Å²) in [6.45, 7) is 13.7. The molecule has 128 valence electrons. The molecule has 1 N–H and O–H groups in total. The fraction of sp³-hybridized carbons (Fsp3) is 0.700. The van der Waals surface area contributed by atoms with E-state index < -0.39 is 0 Å². The number of aromatic nitrogens is 1. The molecule has 0 atom stereocenters. The van der Waals surface area contributed by atoms with Crippen molar-refractivity contribution in [1.29, 1.82) is 0 Å². The normalized spacial score (nSPS) is 25.4. The molecule has 23 heavy (non-hydrogen) atoms. The van der Waals surface area contributed by atoms with Crippen molar-refractivity contribution >= 4 is 5.91 Å². The van der Waals surface area contributed by atoms with Crippen LogP contribution in [0, 0.1) is 23.7 Å². The van der Waals surface area contributed by atoms with Crippen LogP contribution in [0.5, 0.6) is 0 Å². The van der Waals surface area contributed by atoms with Gasteiger partial charge >= 0.3 is 0 Å². The Morgan fingerprint density at radius 1 is 1.30 bits per heavy atom. The third-order valence-electron chi connectivity index (χ3n) is 5.97. The highest BCUT2D eigenvalue weighted by molar-refractivity contribution is 5.94. The van der Waals surface area contributed by atoms with Crippen LogP contribution >= 0.6 is 0 Å². The van der Waals surface area contributed by atoms with Gasteiger partial charge < -0.3 is 5.32 Å².